The average Bonchev–Trinajstić information content (AvgIpc) is 2.77. The van der Waals surface area contributed by atoms with Crippen LogP contribution >= 0.6 is 0 Å². The van der Waals surface area contributed by atoms with Crippen LogP contribution in [-0.2, 0) is 15.1 Å². The normalized spacial score (nSPS) is 21.1. The molecule has 0 fully saturated rings. The molecule has 0 saturated carbocycles. The van der Waals surface area contributed by atoms with Gasteiger partial charge in [0, 0.05) is 38.4 Å². The number of allylic oxidation sites excluding steroid dienone is 1. The Labute approximate surface area is 172 Å². The zero-order valence-electron chi connectivity index (χ0n) is 17.3. The summed E-state index contributed by atoms with van der Waals surface area (Å²) < 4.78 is 11.5. The molecule has 4 nitrogen and oxygen atoms in total. The number of ether oxygens (including phenoxy) is 2. The van der Waals surface area contributed by atoms with Crippen LogP contribution in [0.5, 0.6) is 0 Å². The van der Waals surface area contributed by atoms with Crippen molar-refractivity contribution in [1.29, 1.82) is 0 Å². The van der Waals surface area contributed by atoms with E-state index in [9.17, 15) is 4.79 Å². The lowest BCUT2D eigenvalue weighted by atomic mass is 9.76. The van der Waals surface area contributed by atoms with E-state index in [1.807, 2.05) is 56.6 Å². The van der Waals surface area contributed by atoms with Gasteiger partial charge < -0.3 is 14.4 Å². The third kappa shape index (κ3) is 4.17. The first kappa shape index (κ1) is 20.6. The Bertz CT molecular complexity index is 941. The maximum absolute atomic E-state index is 11.7. The molecule has 0 aliphatic heterocycles. The second-order valence-corrected chi connectivity index (χ2v) is 7.18. The van der Waals surface area contributed by atoms with Gasteiger partial charge in [-0.25, -0.2) is 0 Å². The van der Waals surface area contributed by atoms with Crippen LogP contribution in [0, 0.1) is 5.92 Å². The molecule has 2 aromatic rings. The van der Waals surface area contributed by atoms with Gasteiger partial charge in [0.05, 0.1) is 7.11 Å². The number of hydrogen-bond donors (Lipinski definition) is 0. The fourth-order valence-electron chi connectivity index (χ4n) is 3.65. The molecule has 2 unspecified atom stereocenters. The number of anilines is 1. The van der Waals surface area contributed by atoms with Crippen molar-refractivity contribution in [2.24, 2.45) is 5.92 Å². The van der Waals surface area contributed by atoms with Gasteiger partial charge in [0.1, 0.15) is 17.6 Å². The molecule has 0 spiro atoms. The first-order valence-corrected chi connectivity index (χ1v) is 9.54. The number of hydrogen-bond acceptors (Lipinski definition) is 4. The predicted octanol–water partition coefficient (Wildman–Crippen LogP) is 4.84. The van der Waals surface area contributed by atoms with Crippen LogP contribution < -0.4 is 4.90 Å². The van der Waals surface area contributed by atoms with E-state index in [1.54, 1.807) is 14.2 Å². The van der Waals surface area contributed by atoms with Gasteiger partial charge in [-0.15, -0.1) is 0 Å². The Morgan fingerprint density at radius 2 is 1.76 bits per heavy atom. The van der Waals surface area contributed by atoms with Gasteiger partial charge in [0.25, 0.3) is 0 Å². The molecule has 1 aliphatic rings. The molecule has 2 aromatic carbocycles. The molecular formula is C25H27NO3. The van der Waals surface area contributed by atoms with E-state index in [1.165, 1.54) is 0 Å². The monoisotopic (exact) mass is 389 g/mol. The predicted molar refractivity (Wildman–Crippen MR) is 118 cm³/mol. The van der Waals surface area contributed by atoms with E-state index in [0.717, 1.165) is 28.9 Å². The molecule has 0 N–H and O–H groups in total. The SMILES string of the molecule is COC1=CC(C=Cc2ccc(N(C)C)cc2)C(OC)(c2ccccc2C=O)C=C1. The maximum Gasteiger partial charge on any atom is 0.150 e. The zero-order valence-corrected chi connectivity index (χ0v) is 17.3. The summed E-state index contributed by atoms with van der Waals surface area (Å²) in [4.78, 5) is 13.7. The molecule has 3 rings (SSSR count). The third-order valence-electron chi connectivity index (χ3n) is 5.32. The van der Waals surface area contributed by atoms with Gasteiger partial charge in [-0.1, -0.05) is 48.6 Å². The van der Waals surface area contributed by atoms with Crippen LogP contribution in [0.2, 0.25) is 0 Å². The summed E-state index contributed by atoms with van der Waals surface area (Å²) in [5.74, 6) is 0.612. The molecular weight excluding hydrogens is 362 g/mol. The van der Waals surface area contributed by atoms with Crippen LogP contribution in [0.15, 0.2) is 78.6 Å². The first-order chi connectivity index (χ1) is 14.0. The van der Waals surface area contributed by atoms with Gasteiger partial charge in [0.15, 0.2) is 0 Å². The van der Waals surface area contributed by atoms with Gasteiger partial charge in [-0.05, 0) is 41.5 Å². The van der Waals surface area contributed by atoms with Crippen molar-refractivity contribution < 1.29 is 14.3 Å². The van der Waals surface area contributed by atoms with E-state index >= 15 is 0 Å². The van der Waals surface area contributed by atoms with Crippen molar-refractivity contribution >= 4 is 18.0 Å². The second kappa shape index (κ2) is 8.93. The molecule has 0 radical (unpaired) electrons. The summed E-state index contributed by atoms with van der Waals surface area (Å²) in [6, 6.07) is 15.9. The third-order valence-corrected chi connectivity index (χ3v) is 5.32. The van der Waals surface area contributed by atoms with E-state index in [-0.39, 0.29) is 5.92 Å². The number of carbonyl (C=O) groups is 1. The molecule has 2 atom stereocenters. The quantitative estimate of drug-likeness (QED) is 0.636. The number of methoxy groups -OCH3 is 2. The van der Waals surface area contributed by atoms with Gasteiger partial charge in [-0.2, -0.15) is 0 Å². The summed E-state index contributed by atoms with van der Waals surface area (Å²) in [7, 11) is 7.36. The van der Waals surface area contributed by atoms with E-state index in [4.69, 9.17) is 9.47 Å². The molecule has 29 heavy (non-hydrogen) atoms. The smallest absolute Gasteiger partial charge is 0.150 e. The molecule has 0 heterocycles. The van der Waals surface area contributed by atoms with Crippen molar-refractivity contribution in [3.8, 4) is 0 Å². The van der Waals surface area contributed by atoms with Gasteiger partial charge in [-0.3, -0.25) is 4.79 Å². The molecule has 150 valence electrons. The molecule has 0 aromatic heterocycles. The lowest BCUT2D eigenvalue weighted by Gasteiger charge is -2.38. The van der Waals surface area contributed by atoms with Crippen LogP contribution in [-0.4, -0.2) is 34.6 Å². The number of carbonyl (C=O) groups excluding carboxylic acids is 1. The minimum atomic E-state index is -0.792. The Morgan fingerprint density at radius 1 is 1.03 bits per heavy atom. The Hall–Kier alpha value is -3.11. The molecule has 0 bridgehead atoms. The Balaban J connectivity index is 2.02. The average molecular weight is 389 g/mol. The highest BCUT2D eigenvalue weighted by molar-refractivity contribution is 5.78. The summed E-state index contributed by atoms with van der Waals surface area (Å²) in [5.41, 5.74) is 2.89. The zero-order chi connectivity index (χ0) is 20.9. The first-order valence-electron chi connectivity index (χ1n) is 9.54. The Kier molecular flexibility index (Phi) is 6.35. The lowest BCUT2D eigenvalue weighted by Crippen LogP contribution is -2.36. The van der Waals surface area contributed by atoms with Crippen LogP contribution in [0.3, 0.4) is 0 Å². The standard InChI is InChI=1S/C25H27NO3/c1-26(2)22-13-10-19(11-14-22)9-12-21-17-23(28-3)15-16-25(21,29-4)24-8-6-5-7-20(24)18-27/h5-18,21H,1-4H3. The van der Waals surface area contributed by atoms with Crippen molar-refractivity contribution in [3.63, 3.8) is 0 Å². The van der Waals surface area contributed by atoms with E-state index in [2.05, 4.69) is 41.3 Å². The maximum atomic E-state index is 11.7. The highest BCUT2D eigenvalue weighted by Crippen LogP contribution is 2.42. The number of rotatable bonds is 7. The van der Waals surface area contributed by atoms with E-state index < -0.39 is 5.60 Å². The largest absolute Gasteiger partial charge is 0.497 e. The van der Waals surface area contributed by atoms with Gasteiger partial charge >= 0.3 is 0 Å². The molecule has 0 saturated heterocycles. The number of benzene rings is 2. The summed E-state index contributed by atoms with van der Waals surface area (Å²) in [6.07, 6.45) is 10.9. The number of aldehydes is 1. The van der Waals surface area contributed by atoms with E-state index in [0.29, 0.717) is 5.56 Å². The Morgan fingerprint density at radius 3 is 2.38 bits per heavy atom. The van der Waals surface area contributed by atoms with Crippen molar-refractivity contribution in [2.45, 2.75) is 5.60 Å². The van der Waals surface area contributed by atoms with Crippen molar-refractivity contribution in [2.75, 3.05) is 33.2 Å². The van der Waals surface area contributed by atoms with Crippen LogP contribution in [0.25, 0.3) is 6.08 Å². The minimum absolute atomic E-state index is 0.151. The summed E-state index contributed by atoms with van der Waals surface area (Å²) >= 11 is 0. The molecule has 0 amide bonds. The highest BCUT2D eigenvalue weighted by Gasteiger charge is 2.40. The summed E-state index contributed by atoms with van der Waals surface area (Å²) in [6.45, 7) is 0. The minimum Gasteiger partial charge on any atom is -0.497 e. The van der Waals surface area contributed by atoms with Crippen LogP contribution in [0.4, 0.5) is 5.69 Å². The van der Waals surface area contributed by atoms with Crippen molar-refractivity contribution in [3.05, 3.63) is 95.3 Å². The fourth-order valence-corrected chi connectivity index (χ4v) is 3.65. The summed E-state index contributed by atoms with van der Waals surface area (Å²) in [5, 5.41) is 0. The highest BCUT2D eigenvalue weighted by atomic mass is 16.5. The molecule has 1 aliphatic carbocycles. The second-order valence-electron chi connectivity index (χ2n) is 7.18. The number of nitrogens with zero attached hydrogens (tertiary/aromatic N) is 1. The van der Waals surface area contributed by atoms with Crippen molar-refractivity contribution in [1.82, 2.24) is 0 Å². The topological polar surface area (TPSA) is 38.8 Å². The molecule has 4 heteroatoms. The fraction of sp³-hybridized carbons (Fsp3) is 0.240. The van der Waals surface area contributed by atoms with Crippen LogP contribution in [0.1, 0.15) is 21.5 Å². The van der Waals surface area contributed by atoms with Gasteiger partial charge in [0.2, 0.25) is 0 Å². The lowest BCUT2D eigenvalue weighted by molar-refractivity contribution is 0.00387.